The summed E-state index contributed by atoms with van der Waals surface area (Å²) in [7, 11) is 1.55. The average molecular weight is 395 g/mol. The zero-order valence-corrected chi connectivity index (χ0v) is 14.5. The summed E-state index contributed by atoms with van der Waals surface area (Å²) in [4.78, 5) is 0. The minimum atomic E-state index is -0.243. The highest BCUT2D eigenvalue weighted by molar-refractivity contribution is 9.10. The summed E-state index contributed by atoms with van der Waals surface area (Å²) in [6.45, 7) is 0. The fourth-order valence-electron chi connectivity index (χ4n) is 1.88. The number of rotatable bonds is 4. The molecule has 0 heterocycles. The van der Waals surface area contributed by atoms with Crippen LogP contribution in [0.1, 0.15) is 16.5 Å². The Morgan fingerprint density at radius 3 is 2.35 bits per heavy atom. The Hall–Kier alpha value is -0.410. The normalized spacial score (nSPS) is 12.2. The van der Waals surface area contributed by atoms with Crippen LogP contribution in [-0.4, -0.2) is 7.11 Å². The van der Waals surface area contributed by atoms with E-state index in [2.05, 4.69) is 15.9 Å². The monoisotopic (exact) mass is 392 g/mol. The molecule has 0 aromatic heterocycles. The first-order valence-corrected chi connectivity index (χ1v) is 7.91. The molecule has 0 spiro atoms. The van der Waals surface area contributed by atoms with E-state index < -0.39 is 0 Å². The van der Waals surface area contributed by atoms with Gasteiger partial charge in [0.05, 0.1) is 17.5 Å². The van der Waals surface area contributed by atoms with Crippen molar-refractivity contribution in [2.75, 3.05) is 7.11 Å². The maximum atomic E-state index is 6.46. The third-order valence-corrected chi connectivity index (χ3v) is 4.48. The third kappa shape index (κ3) is 3.82. The van der Waals surface area contributed by atoms with Gasteiger partial charge in [0.25, 0.3) is 0 Å². The molecule has 2 aromatic rings. The van der Waals surface area contributed by atoms with Gasteiger partial charge in [-0.15, -0.1) is 11.6 Å². The molecule has 106 valence electrons. The third-order valence-electron chi connectivity index (χ3n) is 2.94. The molecule has 1 nitrogen and oxygen atoms in total. The highest BCUT2D eigenvalue weighted by atomic mass is 79.9. The zero-order chi connectivity index (χ0) is 14.7. The molecule has 1 unspecified atom stereocenters. The number of alkyl halides is 1. The van der Waals surface area contributed by atoms with Crippen molar-refractivity contribution >= 4 is 50.7 Å². The summed E-state index contributed by atoms with van der Waals surface area (Å²) in [6.07, 6.45) is 0.678. The minimum Gasteiger partial charge on any atom is -0.495 e. The first-order valence-electron chi connectivity index (χ1n) is 5.92. The maximum absolute atomic E-state index is 6.46. The van der Waals surface area contributed by atoms with Gasteiger partial charge in [-0.1, -0.05) is 51.3 Å². The summed E-state index contributed by atoms with van der Waals surface area (Å²) in [6, 6.07) is 11.5. The maximum Gasteiger partial charge on any atom is 0.138 e. The molecule has 0 aliphatic carbocycles. The average Bonchev–Trinajstić information content (AvgIpc) is 2.43. The Morgan fingerprint density at radius 2 is 1.75 bits per heavy atom. The number of methoxy groups -OCH3 is 1. The first-order chi connectivity index (χ1) is 9.51. The fourth-order valence-corrected chi connectivity index (χ4v) is 3.09. The van der Waals surface area contributed by atoms with Crippen LogP contribution in [0.3, 0.4) is 0 Å². The number of halogens is 4. The molecule has 0 bridgehead atoms. The molecule has 20 heavy (non-hydrogen) atoms. The Labute approximate surface area is 141 Å². The Morgan fingerprint density at radius 1 is 1.10 bits per heavy atom. The van der Waals surface area contributed by atoms with Crippen LogP contribution < -0.4 is 4.74 Å². The summed E-state index contributed by atoms with van der Waals surface area (Å²) in [5, 5.41) is 0.823. The topological polar surface area (TPSA) is 9.23 Å². The van der Waals surface area contributed by atoms with Crippen molar-refractivity contribution in [1.82, 2.24) is 0 Å². The molecular weight excluding hydrogens is 382 g/mol. The summed E-state index contributed by atoms with van der Waals surface area (Å²) in [5.41, 5.74) is 1.94. The SMILES string of the molecule is COc1cc(Cl)c(C(Cl)Cc2ccc(Br)cc2)cc1Cl. The molecule has 0 saturated carbocycles. The van der Waals surface area contributed by atoms with Crippen molar-refractivity contribution in [2.45, 2.75) is 11.8 Å². The molecule has 0 amide bonds. The second-order valence-electron chi connectivity index (χ2n) is 4.31. The highest BCUT2D eigenvalue weighted by Gasteiger charge is 2.16. The van der Waals surface area contributed by atoms with Gasteiger partial charge in [0.15, 0.2) is 0 Å². The predicted octanol–water partition coefficient (Wildman–Crippen LogP) is 6.29. The molecule has 5 heteroatoms. The van der Waals surface area contributed by atoms with E-state index in [4.69, 9.17) is 39.5 Å². The predicted molar refractivity (Wildman–Crippen MR) is 89.5 cm³/mol. The van der Waals surface area contributed by atoms with Crippen LogP contribution in [0.15, 0.2) is 40.9 Å². The molecule has 0 aliphatic rings. The Kier molecular flexibility index (Phi) is 5.62. The lowest BCUT2D eigenvalue weighted by Crippen LogP contribution is -1.98. The number of hydrogen-bond donors (Lipinski definition) is 0. The zero-order valence-electron chi connectivity index (χ0n) is 10.7. The van der Waals surface area contributed by atoms with Crippen molar-refractivity contribution in [3.63, 3.8) is 0 Å². The van der Waals surface area contributed by atoms with Gasteiger partial charge >= 0.3 is 0 Å². The van der Waals surface area contributed by atoms with Crippen molar-refractivity contribution in [3.8, 4) is 5.75 Å². The van der Waals surface area contributed by atoms with Crippen molar-refractivity contribution in [2.24, 2.45) is 0 Å². The van der Waals surface area contributed by atoms with E-state index in [9.17, 15) is 0 Å². The van der Waals surface area contributed by atoms with E-state index in [1.54, 1.807) is 19.2 Å². The molecular formula is C15H12BrCl3O. The van der Waals surface area contributed by atoms with Gasteiger partial charge in [0.1, 0.15) is 5.75 Å². The van der Waals surface area contributed by atoms with Crippen LogP contribution in [0.4, 0.5) is 0 Å². The molecule has 0 fully saturated rings. The second-order valence-corrected chi connectivity index (χ2v) is 6.56. The Balaban J connectivity index is 2.22. The number of benzene rings is 2. The van der Waals surface area contributed by atoms with E-state index in [0.717, 1.165) is 15.6 Å². The van der Waals surface area contributed by atoms with Crippen LogP contribution in [0.2, 0.25) is 10.0 Å². The van der Waals surface area contributed by atoms with Gasteiger partial charge in [0, 0.05) is 15.6 Å². The number of hydrogen-bond acceptors (Lipinski definition) is 1. The lowest BCUT2D eigenvalue weighted by Gasteiger charge is -2.14. The second kappa shape index (κ2) is 7.04. The largest absolute Gasteiger partial charge is 0.495 e. The molecule has 0 saturated heterocycles. The van der Waals surface area contributed by atoms with Crippen molar-refractivity contribution in [3.05, 3.63) is 62.0 Å². The van der Waals surface area contributed by atoms with E-state index in [-0.39, 0.29) is 5.38 Å². The lowest BCUT2D eigenvalue weighted by molar-refractivity contribution is 0.415. The fraction of sp³-hybridized carbons (Fsp3) is 0.200. The molecule has 0 radical (unpaired) electrons. The molecule has 1 atom stereocenters. The van der Waals surface area contributed by atoms with E-state index >= 15 is 0 Å². The highest BCUT2D eigenvalue weighted by Crippen LogP contribution is 2.37. The number of ether oxygens (including phenoxy) is 1. The van der Waals surface area contributed by atoms with Gasteiger partial charge in [-0.05, 0) is 35.7 Å². The van der Waals surface area contributed by atoms with Gasteiger partial charge < -0.3 is 4.74 Å². The summed E-state index contributed by atoms with van der Waals surface area (Å²) < 4.78 is 6.17. The van der Waals surface area contributed by atoms with E-state index in [0.29, 0.717) is 22.2 Å². The van der Waals surface area contributed by atoms with Gasteiger partial charge in [-0.3, -0.25) is 0 Å². The molecule has 0 N–H and O–H groups in total. The smallest absolute Gasteiger partial charge is 0.138 e. The van der Waals surface area contributed by atoms with Crippen LogP contribution in [-0.2, 0) is 6.42 Å². The van der Waals surface area contributed by atoms with Gasteiger partial charge in [0.2, 0.25) is 0 Å². The van der Waals surface area contributed by atoms with E-state index in [1.165, 1.54) is 0 Å². The van der Waals surface area contributed by atoms with Crippen molar-refractivity contribution < 1.29 is 4.74 Å². The standard InChI is InChI=1S/C15H12BrCl3O/c1-20-15-8-13(18)11(7-14(15)19)12(17)6-9-2-4-10(16)5-3-9/h2-5,7-8,12H,6H2,1H3. The van der Waals surface area contributed by atoms with Crippen LogP contribution in [0, 0.1) is 0 Å². The van der Waals surface area contributed by atoms with Crippen LogP contribution in [0.5, 0.6) is 5.75 Å². The molecule has 0 aliphatic heterocycles. The van der Waals surface area contributed by atoms with E-state index in [1.807, 2.05) is 24.3 Å². The van der Waals surface area contributed by atoms with Gasteiger partial charge in [-0.2, -0.15) is 0 Å². The van der Waals surface area contributed by atoms with Crippen LogP contribution in [0.25, 0.3) is 0 Å². The Bertz CT molecular complexity index is 599. The lowest BCUT2D eigenvalue weighted by atomic mass is 10.0. The molecule has 2 aromatic carbocycles. The molecule has 2 rings (SSSR count). The minimum absolute atomic E-state index is 0.243. The summed E-state index contributed by atoms with van der Waals surface area (Å²) >= 11 is 22.2. The first kappa shape index (κ1) is 16.0. The van der Waals surface area contributed by atoms with Crippen molar-refractivity contribution in [1.29, 1.82) is 0 Å². The van der Waals surface area contributed by atoms with Crippen LogP contribution >= 0.6 is 50.7 Å². The van der Waals surface area contributed by atoms with Gasteiger partial charge in [-0.25, -0.2) is 0 Å². The summed E-state index contributed by atoms with van der Waals surface area (Å²) in [5.74, 6) is 0.549. The quantitative estimate of drug-likeness (QED) is 0.554.